The van der Waals surface area contributed by atoms with E-state index in [1.807, 2.05) is 19.2 Å². The minimum atomic E-state index is 0.580. The Morgan fingerprint density at radius 2 is 1.81 bits per heavy atom. The first-order chi connectivity index (χ1) is 10.1. The standard InChI is InChI=1S/C18H27N3/c1-12(20-11-17-3-4-19-13(2)21-17)18-8-14-5-15(9-18)7-16(6-14)10-18/h3-4,12,14-16,20H,5-11H2,1-2H3. The SMILES string of the molecule is Cc1nccc(CNC(C)C23CC4CC(CC(C4)C2)C3)n1. The first-order valence-electron chi connectivity index (χ1n) is 8.65. The predicted octanol–water partition coefficient (Wildman–Crippen LogP) is 3.48. The van der Waals surface area contributed by atoms with Crippen molar-refractivity contribution in [2.75, 3.05) is 0 Å². The van der Waals surface area contributed by atoms with Crippen molar-refractivity contribution in [3.63, 3.8) is 0 Å². The number of rotatable bonds is 4. The highest BCUT2D eigenvalue weighted by Crippen LogP contribution is 2.61. The molecule has 5 rings (SSSR count). The van der Waals surface area contributed by atoms with Crippen molar-refractivity contribution in [1.82, 2.24) is 15.3 Å². The van der Waals surface area contributed by atoms with E-state index in [2.05, 4.69) is 22.2 Å². The van der Waals surface area contributed by atoms with Gasteiger partial charge in [0.2, 0.25) is 0 Å². The van der Waals surface area contributed by atoms with Gasteiger partial charge in [0.1, 0.15) is 5.82 Å². The summed E-state index contributed by atoms with van der Waals surface area (Å²) < 4.78 is 0. The first-order valence-corrected chi connectivity index (χ1v) is 8.65. The fourth-order valence-electron chi connectivity index (χ4n) is 5.79. The summed E-state index contributed by atoms with van der Waals surface area (Å²) in [5, 5.41) is 3.79. The summed E-state index contributed by atoms with van der Waals surface area (Å²) in [5.41, 5.74) is 1.70. The Kier molecular flexibility index (Phi) is 3.29. The molecular formula is C18H27N3. The molecular weight excluding hydrogens is 258 g/mol. The van der Waals surface area contributed by atoms with Crippen LogP contribution in [0.1, 0.15) is 57.0 Å². The molecule has 0 saturated heterocycles. The zero-order valence-electron chi connectivity index (χ0n) is 13.3. The molecule has 1 heterocycles. The molecule has 4 saturated carbocycles. The van der Waals surface area contributed by atoms with Gasteiger partial charge in [0, 0.05) is 18.8 Å². The average Bonchev–Trinajstić information content (AvgIpc) is 2.43. The minimum absolute atomic E-state index is 0.580. The number of hydrogen-bond acceptors (Lipinski definition) is 3. The highest BCUT2D eigenvalue weighted by molar-refractivity contribution is 5.06. The van der Waals surface area contributed by atoms with Gasteiger partial charge >= 0.3 is 0 Å². The second kappa shape index (κ2) is 5.05. The zero-order valence-corrected chi connectivity index (χ0v) is 13.3. The molecule has 114 valence electrons. The Morgan fingerprint density at radius 3 is 2.38 bits per heavy atom. The van der Waals surface area contributed by atoms with Crippen LogP contribution in [0.25, 0.3) is 0 Å². The highest BCUT2D eigenvalue weighted by atomic mass is 15.0. The summed E-state index contributed by atoms with van der Waals surface area (Å²) in [4.78, 5) is 8.70. The Labute approximate surface area is 128 Å². The third-order valence-electron chi connectivity index (χ3n) is 6.43. The highest BCUT2D eigenvalue weighted by Gasteiger charge is 2.52. The largest absolute Gasteiger partial charge is 0.308 e. The van der Waals surface area contributed by atoms with E-state index in [0.29, 0.717) is 11.5 Å². The lowest BCUT2D eigenvalue weighted by molar-refractivity contribution is -0.0707. The molecule has 4 aliphatic rings. The van der Waals surface area contributed by atoms with Crippen LogP contribution in [0.5, 0.6) is 0 Å². The van der Waals surface area contributed by atoms with E-state index in [1.165, 1.54) is 38.5 Å². The number of hydrogen-bond donors (Lipinski definition) is 1. The Morgan fingerprint density at radius 1 is 1.19 bits per heavy atom. The maximum Gasteiger partial charge on any atom is 0.125 e. The average molecular weight is 285 g/mol. The van der Waals surface area contributed by atoms with Crippen molar-refractivity contribution < 1.29 is 0 Å². The van der Waals surface area contributed by atoms with Gasteiger partial charge in [0.15, 0.2) is 0 Å². The van der Waals surface area contributed by atoms with Gasteiger partial charge in [-0.2, -0.15) is 0 Å². The molecule has 21 heavy (non-hydrogen) atoms. The fraction of sp³-hybridized carbons (Fsp3) is 0.778. The second-order valence-corrected chi connectivity index (χ2v) is 7.98. The molecule has 3 nitrogen and oxygen atoms in total. The number of nitrogens with zero attached hydrogens (tertiary/aromatic N) is 2. The molecule has 4 bridgehead atoms. The van der Waals surface area contributed by atoms with Gasteiger partial charge in [-0.05, 0) is 81.6 Å². The topological polar surface area (TPSA) is 37.8 Å². The third kappa shape index (κ3) is 2.50. The number of aryl methyl sites for hydroxylation is 1. The quantitative estimate of drug-likeness (QED) is 0.920. The molecule has 1 atom stereocenters. The number of nitrogens with one attached hydrogen (secondary N) is 1. The normalized spacial score (nSPS) is 38.7. The lowest BCUT2D eigenvalue weighted by atomic mass is 9.48. The van der Waals surface area contributed by atoms with Crippen molar-refractivity contribution in [2.24, 2.45) is 23.2 Å². The summed E-state index contributed by atoms with van der Waals surface area (Å²) in [5.74, 6) is 3.96. The molecule has 4 fully saturated rings. The van der Waals surface area contributed by atoms with E-state index >= 15 is 0 Å². The molecule has 4 aliphatic carbocycles. The predicted molar refractivity (Wildman–Crippen MR) is 83.7 cm³/mol. The van der Waals surface area contributed by atoms with Crippen molar-refractivity contribution in [3.8, 4) is 0 Å². The Bertz CT molecular complexity index is 490. The van der Waals surface area contributed by atoms with E-state index in [4.69, 9.17) is 0 Å². The van der Waals surface area contributed by atoms with Crippen LogP contribution in [-0.2, 0) is 6.54 Å². The molecule has 0 spiro atoms. The molecule has 0 amide bonds. The van der Waals surface area contributed by atoms with Crippen molar-refractivity contribution in [2.45, 2.75) is 65.0 Å². The molecule has 0 aromatic carbocycles. The van der Waals surface area contributed by atoms with Gasteiger partial charge in [0.05, 0.1) is 5.69 Å². The van der Waals surface area contributed by atoms with Crippen LogP contribution >= 0.6 is 0 Å². The van der Waals surface area contributed by atoms with Crippen LogP contribution in [0.4, 0.5) is 0 Å². The van der Waals surface area contributed by atoms with Crippen LogP contribution in [-0.4, -0.2) is 16.0 Å². The maximum absolute atomic E-state index is 4.52. The van der Waals surface area contributed by atoms with Gasteiger partial charge in [-0.25, -0.2) is 9.97 Å². The summed E-state index contributed by atoms with van der Waals surface area (Å²) in [6.45, 7) is 5.26. The summed E-state index contributed by atoms with van der Waals surface area (Å²) in [7, 11) is 0. The van der Waals surface area contributed by atoms with Gasteiger partial charge in [0.25, 0.3) is 0 Å². The Hall–Kier alpha value is -0.960. The van der Waals surface area contributed by atoms with Crippen molar-refractivity contribution in [3.05, 3.63) is 23.8 Å². The van der Waals surface area contributed by atoms with Crippen LogP contribution in [0.2, 0.25) is 0 Å². The van der Waals surface area contributed by atoms with Crippen LogP contribution in [0.15, 0.2) is 12.3 Å². The third-order valence-corrected chi connectivity index (χ3v) is 6.43. The van der Waals surface area contributed by atoms with E-state index in [9.17, 15) is 0 Å². The molecule has 1 aromatic heterocycles. The number of aromatic nitrogens is 2. The van der Waals surface area contributed by atoms with Crippen LogP contribution < -0.4 is 5.32 Å². The summed E-state index contributed by atoms with van der Waals surface area (Å²) >= 11 is 0. The summed E-state index contributed by atoms with van der Waals surface area (Å²) in [6.07, 6.45) is 10.8. The first kappa shape index (κ1) is 13.7. The molecule has 0 radical (unpaired) electrons. The molecule has 1 N–H and O–H groups in total. The van der Waals surface area contributed by atoms with Crippen molar-refractivity contribution >= 4 is 0 Å². The van der Waals surface area contributed by atoms with E-state index in [0.717, 1.165) is 35.8 Å². The van der Waals surface area contributed by atoms with Crippen LogP contribution in [0, 0.1) is 30.1 Å². The molecule has 1 unspecified atom stereocenters. The summed E-state index contributed by atoms with van der Waals surface area (Å²) in [6, 6.07) is 2.65. The van der Waals surface area contributed by atoms with Gasteiger partial charge in [-0.1, -0.05) is 0 Å². The van der Waals surface area contributed by atoms with E-state index in [-0.39, 0.29) is 0 Å². The van der Waals surface area contributed by atoms with Crippen LogP contribution in [0.3, 0.4) is 0 Å². The van der Waals surface area contributed by atoms with Crippen molar-refractivity contribution in [1.29, 1.82) is 0 Å². The van der Waals surface area contributed by atoms with Gasteiger partial charge in [-0.15, -0.1) is 0 Å². The molecule has 0 aliphatic heterocycles. The Balaban J connectivity index is 1.44. The smallest absolute Gasteiger partial charge is 0.125 e. The second-order valence-electron chi connectivity index (χ2n) is 7.98. The lowest BCUT2D eigenvalue weighted by Crippen LogP contribution is -2.54. The molecule has 3 heteroatoms. The molecule has 1 aromatic rings. The van der Waals surface area contributed by atoms with Gasteiger partial charge in [-0.3, -0.25) is 0 Å². The monoisotopic (exact) mass is 285 g/mol. The van der Waals surface area contributed by atoms with E-state index < -0.39 is 0 Å². The van der Waals surface area contributed by atoms with E-state index in [1.54, 1.807) is 0 Å². The fourth-order valence-corrected chi connectivity index (χ4v) is 5.79. The minimum Gasteiger partial charge on any atom is -0.308 e. The maximum atomic E-state index is 4.52. The lowest BCUT2D eigenvalue weighted by Gasteiger charge is -2.59. The van der Waals surface area contributed by atoms with Gasteiger partial charge < -0.3 is 5.32 Å². The zero-order chi connectivity index (χ0) is 14.4.